The Morgan fingerprint density at radius 1 is 0.512 bits per heavy atom. The molecule has 0 aliphatic carbocycles. The summed E-state index contributed by atoms with van der Waals surface area (Å²) in [7, 11) is 0. The van der Waals surface area contributed by atoms with Crippen LogP contribution in [0.15, 0.2) is 150 Å². The summed E-state index contributed by atoms with van der Waals surface area (Å²) in [5, 5.41) is 14.5. The van der Waals surface area contributed by atoms with Crippen LogP contribution < -0.4 is 5.32 Å². The Labute approximate surface area is 248 Å². The van der Waals surface area contributed by atoms with Gasteiger partial charge in [0.25, 0.3) is 0 Å². The van der Waals surface area contributed by atoms with E-state index in [0.29, 0.717) is 0 Å². The van der Waals surface area contributed by atoms with Gasteiger partial charge < -0.3 is 10.3 Å². The molecule has 1 aromatic heterocycles. The van der Waals surface area contributed by atoms with Crippen molar-refractivity contribution in [3.63, 3.8) is 0 Å². The minimum atomic E-state index is -0.325. The van der Waals surface area contributed by atoms with E-state index in [-0.39, 0.29) is 6.17 Å². The zero-order valence-corrected chi connectivity index (χ0v) is 23.3. The Morgan fingerprint density at radius 3 is 1.93 bits per heavy atom. The van der Waals surface area contributed by atoms with Gasteiger partial charge in [-0.15, -0.1) is 0 Å². The molecule has 1 unspecified atom stereocenters. The summed E-state index contributed by atoms with van der Waals surface area (Å²) >= 11 is 0. The van der Waals surface area contributed by atoms with Crippen molar-refractivity contribution in [1.29, 1.82) is 0 Å². The summed E-state index contributed by atoms with van der Waals surface area (Å²) < 4.78 is 0. The van der Waals surface area contributed by atoms with Gasteiger partial charge in [0.05, 0.1) is 5.52 Å². The number of aliphatic imine (C=N–C) groups is 2. The van der Waals surface area contributed by atoms with E-state index in [1.165, 1.54) is 48.5 Å². The van der Waals surface area contributed by atoms with E-state index in [1.54, 1.807) is 0 Å². The predicted molar refractivity (Wildman–Crippen MR) is 180 cm³/mol. The lowest BCUT2D eigenvalue weighted by Gasteiger charge is -2.25. The lowest BCUT2D eigenvalue weighted by molar-refractivity contribution is 0.680. The first-order valence-electron chi connectivity index (χ1n) is 14.6. The van der Waals surface area contributed by atoms with Crippen LogP contribution in [0.25, 0.3) is 54.0 Å². The van der Waals surface area contributed by atoms with Gasteiger partial charge in [-0.2, -0.15) is 0 Å². The minimum absolute atomic E-state index is 0.325. The van der Waals surface area contributed by atoms with Crippen LogP contribution >= 0.6 is 0 Å². The number of benzene rings is 7. The molecule has 43 heavy (non-hydrogen) atoms. The Hall–Kier alpha value is -5.74. The summed E-state index contributed by atoms with van der Waals surface area (Å²) in [5.74, 6) is 1.54. The molecule has 0 bridgehead atoms. The number of nitrogens with zero attached hydrogens (tertiary/aromatic N) is 2. The molecule has 0 amide bonds. The van der Waals surface area contributed by atoms with E-state index in [1.807, 2.05) is 6.20 Å². The van der Waals surface area contributed by atoms with Crippen LogP contribution in [0, 0.1) is 0 Å². The molecule has 0 radical (unpaired) electrons. The Bertz CT molecular complexity index is 2450. The van der Waals surface area contributed by atoms with Crippen molar-refractivity contribution in [3.05, 3.63) is 156 Å². The normalized spacial score (nSPS) is 15.2. The van der Waals surface area contributed by atoms with E-state index in [4.69, 9.17) is 9.98 Å². The number of aromatic nitrogens is 1. The molecule has 0 saturated heterocycles. The fourth-order valence-electron chi connectivity index (χ4n) is 6.53. The molecule has 8 aromatic rings. The van der Waals surface area contributed by atoms with Gasteiger partial charge in [-0.25, -0.2) is 9.98 Å². The van der Waals surface area contributed by atoms with Crippen molar-refractivity contribution in [2.45, 2.75) is 6.17 Å². The maximum absolute atomic E-state index is 5.29. The monoisotopic (exact) mass is 550 g/mol. The van der Waals surface area contributed by atoms with E-state index in [2.05, 4.69) is 144 Å². The van der Waals surface area contributed by atoms with Crippen LogP contribution in [-0.2, 0) is 0 Å². The molecule has 202 valence electrons. The van der Waals surface area contributed by atoms with Crippen molar-refractivity contribution >= 4 is 65.7 Å². The van der Waals surface area contributed by atoms with Crippen LogP contribution in [0.5, 0.6) is 0 Å². The van der Waals surface area contributed by atoms with Crippen LogP contribution in [0.3, 0.4) is 0 Å². The first kappa shape index (κ1) is 23.9. The summed E-state index contributed by atoms with van der Waals surface area (Å²) in [6, 6.07) is 47.4. The average molecular weight is 551 g/mol. The number of fused-ring (bicyclic) bond motifs is 7. The van der Waals surface area contributed by atoms with E-state index < -0.39 is 0 Å². The molecule has 0 fully saturated rings. The molecule has 1 aliphatic rings. The molecular weight excluding hydrogens is 524 g/mol. The van der Waals surface area contributed by atoms with Crippen molar-refractivity contribution in [3.8, 4) is 0 Å². The molecule has 7 aromatic carbocycles. The molecule has 1 aliphatic heterocycles. The summed E-state index contributed by atoms with van der Waals surface area (Å²) in [4.78, 5) is 13.9. The second kappa shape index (κ2) is 9.40. The first-order valence-corrected chi connectivity index (χ1v) is 14.6. The Morgan fingerprint density at radius 2 is 1.14 bits per heavy atom. The fourth-order valence-corrected chi connectivity index (χ4v) is 6.53. The standard InChI is InChI=1S/C39H26N4/c1-3-9-27-21-30(17-13-24(27)7-1)37-41-38(31-18-14-25-8-2-4-10-28(25)22-31)43-39(42-37)34-23-29-16-15-26-19-20-40-36(26)35(29)33-12-6-5-11-32(33)34/h1-23,39-40H,(H,41,42,43). The number of hydrogen-bond acceptors (Lipinski definition) is 3. The van der Waals surface area contributed by atoms with Crippen molar-refractivity contribution in [1.82, 2.24) is 10.3 Å². The molecule has 2 N–H and O–H groups in total. The number of rotatable bonds is 3. The number of H-pyrrole nitrogens is 1. The highest BCUT2D eigenvalue weighted by Crippen LogP contribution is 2.37. The summed E-state index contributed by atoms with van der Waals surface area (Å²) in [5.41, 5.74) is 4.33. The third-order valence-electron chi connectivity index (χ3n) is 8.65. The zero-order chi connectivity index (χ0) is 28.3. The number of nitrogens with one attached hydrogen (secondary N) is 2. The van der Waals surface area contributed by atoms with Crippen molar-refractivity contribution in [2.75, 3.05) is 0 Å². The van der Waals surface area contributed by atoms with Crippen molar-refractivity contribution in [2.24, 2.45) is 9.98 Å². The highest BCUT2D eigenvalue weighted by atomic mass is 15.2. The van der Waals surface area contributed by atoms with E-state index in [0.717, 1.165) is 33.9 Å². The van der Waals surface area contributed by atoms with Crippen LogP contribution in [-0.4, -0.2) is 16.7 Å². The molecule has 4 nitrogen and oxygen atoms in total. The lowest BCUT2D eigenvalue weighted by atomic mass is 9.94. The lowest BCUT2D eigenvalue weighted by Crippen LogP contribution is -2.33. The van der Waals surface area contributed by atoms with Gasteiger partial charge in [-0.1, -0.05) is 109 Å². The van der Waals surface area contributed by atoms with Gasteiger partial charge in [0, 0.05) is 33.7 Å². The first-order chi connectivity index (χ1) is 21.3. The molecule has 9 rings (SSSR count). The largest absolute Gasteiger partial charge is 0.361 e. The highest BCUT2D eigenvalue weighted by Gasteiger charge is 2.24. The second-order valence-electron chi connectivity index (χ2n) is 11.2. The smallest absolute Gasteiger partial charge is 0.159 e. The molecule has 0 spiro atoms. The second-order valence-corrected chi connectivity index (χ2v) is 11.2. The van der Waals surface area contributed by atoms with Gasteiger partial charge in [0.2, 0.25) is 0 Å². The minimum Gasteiger partial charge on any atom is -0.361 e. The van der Waals surface area contributed by atoms with Gasteiger partial charge >= 0.3 is 0 Å². The molecule has 2 heterocycles. The van der Waals surface area contributed by atoms with Gasteiger partial charge in [-0.3, -0.25) is 0 Å². The Balaban J connectivity index is 1.27. The van der Waals surface area contributed by atoms with Crippen LogP contribution in [0.4, 0.5) is 0 Å². The predicted octanol–water partition coefficient (Wildman–Crippen LogP) is 9.28. The Kier molecular flexibility index (Phi) is 5.23. The third kappa shape index (κ3) is 3.92. The highest BCUT2D eigenvalue weighted by molar-refractivity contribution is 6.20. The number of amidine groups is 2. The topological polar surface area (TPSA) is 52.5 Å². The maximum atomic E-state index is 5.29. The fraction of sp³-hybridized carbons (Fsp3) is 0.0256. The van der Waals surface area contributed by atoms with Gasteiger partial charge in [0.1, 0.15) is 12.0 Å². The molecule has 0 saturated carbocycles. The van der Waals surface area contributed by atoms with Gasteiger partial charge in [-0.05, 0) is 62.0 Å². The van der Waals surface area contributed by atoms with Crippen LogP contribution in [0.2, 0.25) is 0 Å². The molecule has 1 atom stereocenters. The summed E-state index contributed by atoms with van der Waals surface area (Å²) in [6.07, 6.45) is 1.69. The zero-order valence-electron chi connectivity index (χ0n) is 23.3. The average Bonchev–Trinajstić information content (AvgIpc) is 3.56. The van der Waals surface area contributed by atoms with Gasteiger partial charge in [0.15, 0.2) is 5.84 Å². The third-order valence-corrected chi connectivity index (χ3v) is 8.65. The van der Waals surface area contributed by atoms with Crippen molar-refractivity contribution < 1.29 is 0 Å². The number of hydrogen-bond donors (Lipinski definition) is 2. The SMILES string of the molecule is c1ccc2cc(C3=NC(c4cc5ccc6cc[nH]c6c5c5ccccc45)NC(c4ccc5ccccc5c4)=N3)ccc2c1. The quantitative estimate of drug-likeness (QED) is 0.212. The molecule has 4 heteroatoms. The molecular formula is C39H26N4. The maximum Gasteiger partial charge on any atom is 0.159 e. The van der Waals surface area contributed by atoms with E-state index in [9.17, 15) is 0 Å². The summed E-state index contributed by atoms with van der Waals surface area (Å²) in [6.45, 7) is 0. The van der Waals surface area contributed by atoms with E-state index >= 15 is 0 Å². The number of aromatic amines is 1. The van der Waals surface area contributed by atoms with Crippen LogP contribution in [0.1, 0.15) is 22.9 Å².